The van der Waals surface area contributed by atoms with Crippen molar-refractivity contribution >= 4 is 17.6 Å². The van der Waals surface area contributed by atoms with Crippen LogP contribution in [0.2, 0.25) is 0 Å². The van der Waals surface area contributed by atoms with Gasteiger partial charge < -0.3 is 15.2 Å². The van der Waals surface area contributed by atoms with E-state index in [1.165, 1.54) is 17.5 Å². The monoisotopic (exact) mass is 286 g/mol. The van der Waals surface area contributed by atoms with Crippen LogP contribution in [0.4, 0.5) is 5.69 Å². The number of carbonyl (C=O) groups is 2. The summed E-state index contributed by atoms with van der Waals surface area (Å²) in [6.45, 7) is 0. The molecule has 1 amide bonds. The first-order chi connectivity index (χ1) is 10.1. The molecule has 4 heteroatoms. The van der Waals surface area contributed by atoms with Gasteiger partial charge in [0.1, 0.15) is 0 Å². The van der Waals surface area contributed by atoms with E-state index < -0.39 is 17.8 Å². The van der Waals surface area contributed by atoms with Crippen LogP contribution in [0, 0.1) is 11.8 Å². The number of fused-ring (bicyclic) bond motifs is 1. The van der Waals surface area contributed by atoms with Crippen LogP contribution >= 0.6 is 0 Å². The van der Waals surface area contributed by atoms with E-state index >= 15 is 0 Å². The van der Waals surface area contributed by atoms with E-state index in [1.807, 2.05) is 12.1 Å². The maximum Gasteiger partial charge on any atom is 0.228 e. The number of aliphatic carboxylic acids is 1. The third kappa shape index (κ3) is 2.94. The first kappa shape index (κ1) is 14.1. The summed E-state index contributed by atoms with van der Waals surface area (Å²) in [5.74, 6) is -2.38. The number of nitrogens with one attached hydrogen (secondary N) is 1. The molecule has 0 radical (unpaired) electrons. The molecule has 4 nitrogen and oxygen atoms in total. The number of hydrogen-bond donors (Lipinski definition) is 1. The van der Waals surface area contributed by atoms with Gasteiger partial charge in [0.15, 0.2) is 0 Å². The van der Waals surface area contributed by atoms with E-state index in [0.717, 1.165) is 31.4 Å². The number of rotatable bonds is 3. The zero-order valence-corrected chi connectivity index (χ0v) is 12.1. The van der Waals surface area contributed by atoms with Gasteiger partial charge in [-0.3, -0.25) is 4.79 Å². The molecule has 1 N–H and O–H groups in total. The molecule has 0 bridgehead atoms. The highest BCUT2D eigenvalue weighted by Crippen LogP contribution is 2.31. The fourth-order valence-electron chi connectivity index (χ4n) is 3.61. The van der Waals surface area contributed by atoms with Crippen LogP contribution in [0.5, 0.6) is 0 Å². The zero-order chi connectivity index (χ0) is 14.8. The maximum absolute atomic E-state index is 12.4. The van der Waals surface area contributed by atoms with Gasteiger partial charge in [-0.1, -0.05) is 18.9 Å². The van der Waals surface area contributed by atoms with Crippen molar-refractivity contribution in [2.45, 2.75) is 44.9 Å². The molecule has 2 aliphatic rings. The van der Waals surface area contributed by atoms with Crippen molar-refractivity contribution in [3.05, 3.63) is 29.3 Å². The molecule has 1 fully saturated rings. The molecule has 1 aromatic carbocycles. The summed E-state index contributed by atoms with van der Waals surface area (Å²) < 4.78 is 0. The van der Waals surface area contributed by atoms with E-state index in [-0.39, 0.29) is 5.91 Å². The lowest BCUT2D eigenvalue weighted by Crippen LogP contribution is -2.42. The minimum absolute atomic E-state index is 0.179. The topological polar surface area (TPSA) is 69.2 Å². The number of aryl methyl sites for hydroxylation is 2. The summed E-state index contributed by atoms with van der Waals surface area (Å²) in [5, 5.41) is 14.1. The summed E-state index contributed by atoms with van der Waals surface area (Å²) in [6, 6.07) is 6.00. The summed E-state index contributed by atoms with van der Waals surface area (Å²) in [4.78, 5) is 23.6. The molecule has 0 saturated heterocycles. The zero-order valence-electron chi connectivity index (χ0n) is 12.1. The average molecular weight is 286 g/mol. The Kier molecular flexibility index (Phi) is 3.95. The summed E-state index contributed by atoms with van der Waals surface area (Å²) in [6.07, 6.45) is 6.29. The van der Waals surface area contributed by atoms with Gasteiger partial charge >= 0.3 is 0 Å². The second kappa shape index (κ2) is 5.88. The van der Waals surface area contributed by atoms with Crippen molar-refractivity contribution in [2.75, 3.05) is 5.32 Å². The fraction of sp³-hybridized carbons (Fsp3) is 0.529. The van der Waals surface area contributed by atoms with Crippen molar-refractivity contribution in [3.8, 4) is 0 Å². The highest BCUT2D eigenvalue weighted by atomic mass is 16.4. The molecule has 0 aromatic heterocycles. The van der Waals surface area contributed by atoms with Gasteiger partial charge in [0.05, 0.1) is 0 Å². The third-order valence-electron chi connectivity index (χ3n) is 4.77. The number of hydrogen-bond acceptors (Lipinski definition) is 3. The number of benzene rings is 1. The molecule has 112 valence electrons. The van der Waals surface area contributed by atoms with Gasteiger partial charge in [-0.25, -0.2) is 0 Å². The molecule has 21 heavy (non-hydrogen) atoms. The molecule has 3 rings (SSSR count). The van der Waals surface area contributed by atoms with Gasteiger partial charge in [0, 0.05) is 23.5 Å². The Hall–Kier alpha value is -1.84. The summed E-state index contributed by atoms with van der Waals surface area (Å²) in [7, 11) is 0. The second-order valence-corrected chi connectivity index (χ2v) is 6.14. The van der Waals surface area contributed by atoms with E-state index in [0.29, 0.717) is 12.8 Å². The Morgan fingerprint density at radius 1 is 1.00 bits per heavy atom. The molecular weight excluding hydrogens is 266 g/mol. The van der Waals surface area contributed by atoms with Crippen molar-refractivity contribution < 1.29 is 14.7 Å². The van der Waals surface area contributed by atoms with Gasteiger partial charge in [-0.2, -0.15) is 0 Å². The van der Waals surface area contributed by atoms with Crippen LogP contribution in [0.15, 0.2) is 18.2 Å². The maximum atomic E-state index is 12.4. The number of carbonyl (C=O) groups excluding carboxylic acids is 2. The number of carboxylic acid groups (broad SMARTS) is 1. The largest absolute Gasteiger partial charge is 0.550 e. The molecule has 1 saturated carbocycles. The first-order valence-electron chi connectivity index (χ1n) is 7.78. The third-order valence-corrected chi connectivity index (χ3v) is 4.77. The Morgan fingerprint density at radius 2 is 1.71 bits per heavy atom. The van der Waals surface area contributed by atoms with Crippen LogP contribution in [0.25, 0.3) is 0 Å². The van der Waals surface area contributed by atoms with Crippen LogP contribution in [-0.4, -0.2) is 11.9 Å². The van der Waals surface area contributed by atoms with E-state index in [2.05, 4.69) is 11.4 Å². The Bertz CT molecular complexity index is 567. The van der Waals surface area contributed by atoms with Crippen LogP contribution in [0.1, 0.15) is 43.2 Å². The fourth-order valence-corrected chi connectivity index (χ4v) is 3.61. The molecule has 2 atom stereocenters. The number of carboxylic acids is 1. The average Bonchev–Trinajstić information content (AvgIpc) is 2.94. The van der Waals surface area contributed by atoms with Crippen LogP contribution in [0.3, 0.4) is 0 Å². The molecule has 0 heterocycles. The predicted molar refractivity (Wildman–Crippen MR) is 77.6 cm³/mol. The van der Waals surface area contributed by atoms with Crippen molar-refractivity contribution in [1.29, 1.82) is 0 Å². The van der Waals surface area contributed by atoms with Gasteiger partial charge in [-0.15, -0.1) is 0 Å². The minimum Gasteiger partial charge on any atom is -0.550 e. The molecule has 2 aliphatic carbocycles. The number of anilines is 1. The molecule has 1 aromatic rings. The van der Waals surface area contributed by atoms with E-state index in [9.17, 15) is 14.7 Å². The highest BCUT2D eigenvalue weighted by molar-refractivity contribution is 5.95. The SMILES string of the molecule is O=C([O-])[C@H]1CCCC[C@H]1C(=O)Nc1ccc2c(c1)CCC2. The Morgan fingerprint density at radius 3 is 2.48 bits per heavy atom. The lowest BCUT2D eigenvalue weighted by atomic mass is 9.78. The quantitative estimate of drug-likeness (QED) is 0.919. The summed E-state index contributed by atoms with van der Waals surface area (Å²) >= 11 is 0. The van der Waals surface area contributed by atoms with E-state index in [1.54, 1.807) is 0 Å². The molecule has 0 unspecified atom stereocenters. The second-order valence-electron chi connectivity index (χ2n) is 6.14. The first-order valence-corrected chi connectivity index (χ1v) is 7.78. The molecule has 0 aliphatic heterocycles. The van der Waals surface area contributed by atoms with Crippen molar-refractivity contribution in [2.24, 2.45) is 11.8 Å². The standard InChI is InChI=1S/C17H21NO3/c19-16(14-6-1-2-7-15(14)17(20)21)18-13-9-8-11-4-3-5-12(11)10-13/h8-10,14-15H,1-7H2,(H,18,19)(H,20,21)/p-1/t14-,15+/m1/s1. The minimum atomic E-state index is -1.09. The normalized spacial score (nSPS) is 24.4. The highest BCUT2D eigenvalue weighted by Gasteiger charge is 2.31. The van der Waals surface area contributed by atoms with Crippen molar-refractivity contribution in [1.82, 2.24) is 0 Å². The Labute approximate surface area is 124 Å². The van der Waals surface area contributed by atoms with Gasteiger partial charge in [0.2, 0.25) is 5.91 Å². The molecule has 0 spiro atoms. The van der Waals surface area contributed by atoms with Gasteiger partial charge in [-0.05, 0) is 55.4 Å². The number of amides is 1. The summed E-state index contributed by atoms with van der Waals surface area (Å²) in [5.41, 5.74) is 3.44. The Balaban J connectivity index is 1.71. The van der Waals surface area contributed by atoms with Crippen LogP contribution < -0.4 is 10.4 Å². The van der Waals surface area contributed by atoms with Gasteiger partial charge in [0.25, 0.3) is 0 Å². The smallest absolute Gasteiger partial charge is 0.228 e. The lowest BCUT2D eigenvalue weighted by Gasteiger charge is -2.31. The lowest BCUT2D eigenvalue weighted by molar-refractivity contribution is -0.313. The predicted octanol–water partition coefficient (Wildman–Crippen LogP) is 1.67. The molecular formula is C17H20NO3-. The van der Waals surface area contributed by atoms with E-state index in [4.69, 9.17) is 0 Å². The van der Waals surface area contributed by atoms with Crippen molar-refractivity contribution in [3.63, 3.8) is 0 Å². The van der Waals surface area contributed by atoms with Crippen LogP contribution in [-0.2, 0) is 22.4 Å².